The van der Waals surface area contributed by atoms with Gasteiger partial charge in [-0.3, -0.25) is 20.4 Å². The van der Waals surface area contributed by atoms with Gasteiger partial charge in [-0.25, -0.2) is 4.39 Å². The number of hydrogen-bond donors (Lipinski definition) is 4. The van der Waals surface area contributed by atoms with Crippen molar-refractivity contribution < 1.29 is 14.0 Å². The molecular weight excluding hydrogens is 339 g/mol. The lowest BCUT2D eigenvalue weighted by Gasteiger charge is -2.12. The fraction of sp³-hybridized carbons (Fsp3) is 0.0714. The summed E-state index contributed by atoms with van der Waals surface area (Å²) in [6.45, 7) is -0.216. The van der Waals surface area contributed by atoms with Gasteiger partial charge < -0.3 is 10.6 Å². The van der Waals surface area contributed by atoms with Crippen LogP contribution in [-0.2, 0) is 4.79 Å². The van der Waals surface area contributed by atoms with Crippen molar-refractivity contribution in [3.63, 3.8) is 0 Å². The third kappa shape index (κ3) is 5.31. The second kappa shape index (κ2) is 8.20. The van der Waals surface area contributed by atoms with E-state index in [-0.39, 0.29) is 23.3 Å². The molecule has 0 radical (unpaired) electrons. The van der Waals surface area contributed by atoms with Gasteiger partial charge in [-0.15, -0.1) is 11.3 Å². The van der Waals surface area contributed by atoms with E-state index < -0.39 is 11.7 Å². The van der Waals surface area contributed by atoms with E-state index in [1.165, 1.54) is 23.5 Å². The van der Waals surface area contributed by atoms with Gasteiger partial charge >= 0.3 is 0 Å². The van der Waals surface area contributed by atoms with Gasteiger partial charge in [-0.2, -0.15) is 0 Å². The molecule has 0 spiro atoms. The highest BCUT2D eigenvalue weighted by molar-refractivity contribution is 7.80. The fourth-order valence-corrected chi connectivity index (χ4v) is 2.34. The highest BCUT2D eigenvalue weighted by Crippen LogP contribution is 2.11. The largest absolute Gasteiger partial charge is 0.342 e. The number of thiocarbonyl (C=S) groups is 1. The van der Waals surface area contributed by atoms with Crippen LogP contribution in [0, 0.1) is 5.82 Å². The van der Waals surface area contributed by atoms with E-state index in [0.717, 1.165) is 0 Å². The molecule has 0 bridgehead atoms. The van der Waals surface area contributed by atoms with Crippen LogP contribution >= 0.6 is 23.6 Å². The minimum Gasteiger partial charge on any atom is -0.342 e. The van der Waals surface area contributed by atoms with Crippen molar-refractivity contribution in [2.75, 3.05) is 11.9 Å². The Morgan fingerprint density at radius 3 is 2.61 bits per heavy atom. The number of carbonyl (C=O) groups excluding carboxylic acids is 2. The highest BCUT2D eigenvalue weighted by Gasteiger charge is 2.09. The van der Waals surface area contributed by atoms with Crippen LogP contribution < -0.4 is 21.5 Å². The maximum atomic E-state index is 13.4. The van der Waals surface area contributed by atoms with E-state index in [9.17, 15) is 14.0 Å². The van der Waals surface area contributed by atoms with Crippen molar-refractivity contribution >= 4 is 46.2 Å². The van der Waals surface area contributed by atoms with E-state index in [4.69, 9.17) is 12.2 Å². The van der Waals surface area contributed by atoms with Gasteiger partial charge in [0.2, 0.25) is 0 Å². The number of para-hydroxylation sites is 1. The molecule has 2 amide bonds. The summed E-state index contributed by atoms with van der Waals surface area (Å²) in [6, 6.07) is 9.38. The summed E-state index contributed by atoms with van der Waals surface area (Å²) >= 11 is 6.20. The summed E-state index contributed by atoms with van der Waals surface area (Å²) in [7, 11) is 0. The maximum Gasteiger partial charge on any atom is 0.261 e. The van der Waals surface area contributed by atoms with Crippen LogP contribution in [0.1, 0.15) is 9.67 Å². The second-order valence-corrected chi connectivity index (χ2v) is 5.62. The normalized spacial score (nSPS) is 9.78. The predicted molar refractivity (Wildman–Crippen MR) is 90.6 cm³/mol. The van der Waals surface area contributed by atoms with E-state index in [1.54, 1.807) is 29.6 Å². The molecule has 120 valence electrons. The molecule has 0 fully saturated rings. The number of carbonyl (C=O) groups is 2. The Kier molecular flexibility index (Phi) is 6.01. The van der Waals surface area contributed by atoms with Crippen molar-refractivity contribution in [1.29, 1.82) is 0 Å². The Bertz CT molecular complexity index is 707. The number of nitrogens with one attached hydrogen (secondary N) is 4. The maximum absolute atomic E-state index is 13.4. The first-order chi connectivity index (χ1) is 11.1. The summed E-state index contributed by atoms with van der Waals surface area (Å²) in [4.78, 5) is 23.8. The minimum absolute atomic E-state index is 0.0213. The summed E-state index contributed by atoms with van der Waals surface area (Å²) < 4.78 is 13.4. The van der Waals surface area contributed by atoms with Gasteiger partial charge in [0.25, 0.3) is 11.8 Å². The fourth-order valence-electron chi connectivity index (χ4n) is 1.54. The molecule has 0 aliphatic heterocycles. The van der Waals surface area contributed by atoms with E-state index >= 15 is 0 Å². The van der Waals surface area contributed by atoms with Gasteiger partial charge in [0.15, 0.2) is 5.11 Å². The lowest BCUT2D eigenvalue weighted by atomic mass is 10.3. The summed E-state index contributed by atoms with van der Waals surface area (Å²) in [5.41, 5.74) is 4.90. The summed E-state index contributed by atoms with van der Waals surface area (Å²) in [6.07, 6.45) is 0. The Morgan fingerprint density at radius 1 is 1.13 bits per heavy atom. The first kappa shape index (κ1) is 16.8. The van der Waals surface area contributed by atoms with E-state index in [0.29, 0.717) is 4.88 Å². The average molecular weight is 352 g/mol. The van der Waals surface area contributed by atoms with Crippen molar-refractivity contribution in [2.24, 2.45) is 0 Å². The second-order valence-electron chi connectivity index (χ2n) is 4.27. The quantitative estimate of drug-likeness (QED) is 0.497. The highest BCUT2D eigenvalue weighted by atomic mass is 32.1. The molecule has 0 aliphatic carbocycles. The molecule has 0 unspecified atom stereocenters. The van der Waals surface area contributed by atoms with Crippen molar-refractivity contribution in [3.8, 4) is 0 Å². The molecule has 1 aromatic carbocycles. The number of hydrogen-bond acceptors (Lipinski definition) is 4. The average Bonchev–Trinajstić information content (AvgIpc) is 3.07. The number of anilines is 1. The third-order valence-corrected chi connectivity index (χ3v) is 3.66. The summed E-state index contributed by atoms with van der Waals surface area (Å²) in [5.74, 6) is -1.29. The monoisotopic (exact) mass is 352 g/mol. The Balaban J connectivity index is 1.71. The summed E-state index contributed by atoms with van der Waals surface area (Å²) in [5, 5.41) is 6.85. The molecule has 9 heteroatoms. The molecule has 2 aromatic rings. The van der Waals surface area contributed by atoms with Crippen LogP contribution in [0.4, 0.5) is 10.1 Å². The Morgan fingerprint density at radius 2 is 1.91 bits per heavy atom. The molecule has 2 rings (SSSR count). The first-order valence-corrected chi connectivity index (χ1v) is 7.77. The standard InChI is InChI=1S/C14H13FN4O2S2/c15-9-4-1-2-5-10(9)17-14(22)19-18-12(20)8-16-13(21)11-6-3-7-23-11/h1-7H,8H2,(H,16,21)(H,18,20)(H2,17,19,22). The molecular formula is C14H13FN4O2S2. The number of benzene rings is 1. The topological polar surface area (TPSA) is 82.3 Å². The Labute approximate surface area is 141 Å². The zero-order valence-corrected chi connectivity index (χ0v) is 13.4. The van der Waals surface area contributed by atoms with Crippen LogP contribution in [-0.4, -0.2) is 23.5 Å². The Hall–Kier alpha value is -2.52. The van der Waals surface area contributed by atoms with Crippen molar-refractivity contribution in [2.45, 2.75) is 0 Å². The van der Waals surface area contributed by atoms with Crippen molar-refractivity contribution in [3.05, 3.63) is 52.5 Å². The number of rotatable bonds is 4. The van der Waals surface area contributed by atoms with Gasteiger partial charge in [-0.05, 0) is 35.8 Å². The zero-order valence-electron chi connectivity index (χ0n) is 11.8. The number of amides is 2. The van der Waals surface area contributed by atoms with E-state index in [1.807, 2.05) is 0 Å². The molecule has 0 saturated carbocycles. The first-order valence-electron chi connectivity index (χ1n) is 6.48. The lowest BCUT2D eigenvalue weighted by molar-refractivity contribution is -0.120. The van der Waals surface area contributed by atoms with Crippen LogP contribution in [0.5, 0.6) is 0 Å². The van der Waals surface area contributed by atoms with Crippen LogP contribution in [0.15, 0.2) is 41.8 Å². The van der Waals surface area contributed by atoms with Crippen LogP contribution in [0.2, 0.25) is 0 Å². The number of hydrazine groups is 1. The lowest BCUT2D eigenvalue weighted by Crippen LogP contribution is -2.47. The van der Waals surface area contributed by atoms with Gasteiger partial charge in [0, 0.05) is 0 Å². The molecule has 0 saturated heterocycles. The molecule has 6 nitrogen and oxygen atoms in total. The molecule has 0 aliphatic rings. The van der Waals surface area contributed by atoms with Gasteiger partial charge in [0.05, 0.1) is 17.1 Å². The third-order valence-electron chi connectivity index (χ3n) is 2.59. The molecule has 4 N–H and O–H groups in total. The number of thiophene rings is 1. The zero-order chi connectivity index (χ0) is 16.7. The van der Waals surface area contributed by atoms with Gasteiger partial charge in [-0.1, -0.05) is 18.2 Å². The molecule has 1 heterocycles. The van der Waals surface area contributed by atoms with Crippen LogP contribution in [0.3, 0.4) is 0 Å². The minimum atomic E-state index is -0.493. The number of halogens is 1. The molecule has 23 heavy (non-hydrogen) atoms. The van der Waals surface area contributed by atoms with Crippen molar-refractivity contribution in [1.82, 2.24) is 16.2 Å². The molecule has 0 atom stereocenters. The van der Waals surface area contributed by atoms with Gasteiger partial charge in [0.1, 0.15) is 5.82 Å². The SMILES string of the molecule is O=C(CNC(=O)c1cccs1)NNC(=S)Nc1ccccc1F. The smallest absolute Gasteiger partial charge is 0.261 e. The molecule has 1 aromatic heterocycles. The van der Waals surface area contributed by atoms with E-state index in [2.05, 4.69) is 21.5 Å². The van der Waals surface area contributed by atoms with Crippen LogP contribution in [0.25, 0.3) is 0 Å². The predicted octanol–water partition coefficient (Wildman–Crippen LogP) is 1.63.